The van der Waals surface area contributed by atoms with Crippen molar-refractivity contribution in [2.45, 2.75) is 6.92 Å². The van der Waals surface area contributed by atoms with Crippen LogP contribution < -0.4 is 9.47 Å². The quantitative estimate of drug-likeness (QED) is 0.494. The Morgan fingerprint density at radius 2 is 1.79 bits per heavy atom. The number of nitrogens with zero attached hydrogens (tertiary/aromatic N) is 3. The molecular weight excluding hydrogens is 464 g/mol. The number of benzene rings is 2. The maximum Gasteiger partial charge on any atom is 0.283 e. The molecule has 0 aromatic heterocycles. The van der Waals surface area contributed by atoms with E-state index in [0.717, 1.165) is 34.3 Å². The first-order valence-corrected chi connectivity index (χ1v) is 12.5. The zero-order valence-corrected chi connectivity index (χ0v) is 19.4. The summed E-state index contributed by atoms with van der Waals surface area (Å²) in [4.78, 5) is 16.3. The summed E-state index contributed by atoms with van der Waals surface area (Å²) in [5, 5.41) is 13.3. The van der Waals surface area contributed by atoms with Gasteiger partial charge in [-0.25, -0.2) is 8.42 Å². The van der Waals surface area contributed by atoms with Crippen LogP contribution in [0.5, 0.6) is 11.5 Å². The number of para-hydroxylation sites is 1. The van der Waals surface area contributed by atoms with Gasteiger partial charge in [-0.3, -0.25) is 10.2 Å². The molecule has 9 nitrogen and oxygen atoms in total. The Bertz CT molecular complexity index is 1310. The lowest BCUT2D eigenvalue weighted by Crippen LogP contribution is -2.35. The average molecular weight is 485 g/mol. The molecule has 0 unspecified atom stereocenters. The van der Waals surface area contributed by atoms with Crippen molar-refractivity contribution >= 4 is 49.0 Å². The van der Waals surface area contributed by atoms with E-state index in [2.05, 4.69) is 10.1 Å². The molecule has 33 heavy (non-hydrogen) atoms. The third-order valence-electron chi connectivity index (χ3n) is 4.65. The molecule has 4 rings (SSSR count). The van der Waals surface area contributed by atoms with Crippen molar-refractivity contribution in [3.05, 3.63) is 65.2 Å². The minimum absolute atomic E-state index is 0.0122. The predicted molar refractivity (Wildman–Crippen MR) is 128 cm³/mol. The van der Waals surface area contributed by atoms with Gasteiger partial charge in [0.25, 0.3) is 5.91 Å². The van der Waals surface area contributed by atoms with Gasteiger partial charge in [-0.05, 0) is 54.1 Å². The first-order chi connectivity index (χ1) is 15.7. The standard InChI is InChI=1S/C22H20N4O5S2/c1-14-5-3-4-6-18(14)31-12-11-30-16-9-7-15(8-10-16)13-17-19(23)26-21(24-20(17)27)32-22(25-26)33(2,28)29/h3-10,13,23H,11-12H2,1-2H3/b17-13+,23-19?. The van der Waals surface area contributed by atoms with Crippen molar-refractivity contribution in [1.82, 2.24) is 5.01 Å². The van der Waals surface area contributed by atoms with E-state index in [1.807, 2.05) is 31.2 Å². The van der Waals surface area contributed by atoms with Crippen molar-refractivity contribution in [2.24, 2.45) is 10.1 Å². The van der Waals surface area contributed by atoms with E-state index in [1.165, 1.54) is 6.08 Å². The number of carbonyl (C=O) groups excluding carboxylic acids is 1. The van der Waals surface area contributed by atoms with Crippen LogP contribution in [0, 0.1) is 12.3 Å². The number of aliphatic imine (C=N–C) groups is 1. The van der Waals surface area contributed by atoms with Crippen LogP contribution in [0.15, 0.2) is 64.2 Å². The Hall–Kier alpha value is -3.44. The third-order valence-corrected chi connectivity index (χ3v) is 7.22. The molecule has 1 N–H and O–H groups in total. The Balaban J connectivity index is 1.39. The number of amidine groups is 2. The fourth-order valence-corrected chi connectivity index (χ4v) is 4.67. The van der Waals surface area contributed by atoms with E-state index in [1.54, 1.807) is 24.3 Å². The second kappa shape index (κ2) is 9.20. The van der Waals surface area contributed by atoms with Gasteiger partial charge in [0.15, 0.2) is 5.84 Å². The molecule has 2 aliphatic heterocycles. The molecule has 0 aliphatic carbocycles. The van der Waals surface area contributed by atoms with Gasteiger partial charge >= 0.3 is 0 Å². The van der Waals surface area contributed by atoms with Gasteiger partial charge in [0, 0.05) is 6.26 Å². The van der Waals surface area contributed by atoms with Crippen LogP contribution in [0.1, 0.15) is 11.1 Å². The van der Waals surface area contributed by atoms with Crippen LogP contribution in [0.25, 0.3) is 6.08 Å². The van der Waals surface area contributed by atoms with Crippen molar-refractivity contribution in [2.75, 3.05) is 19.5 Å². The number of rotatable bonds is 6. The van der Waals surface area contributed by atoms with Crippen molar-refractivity contribution in [3.8, 4) is 11.5 Å². The molecule has 0 saturated heterocycles. The summed E-state index contributed by atoms with van der Waals surface area (Å²) in [7, 11) is -3.57. The lowest BCUT2D eigenvalue weighted by atomic mass is 10.1. The zero-order valence-electron chi connectivity index (χ0n) is 17.8. The van der Waals surface area contributed by atoms with E-state index >= 15 is 0 Å². The molecule has 0 bridgehead atoms. The Morgan fingerprint density at radius 3 is 2.48 bits per heavy atom. The van der Waals surface area contributed by atoms with E-state index < -0.39 is 15.7 Å². The van der Waals surface area contributed by atoms with Gasteiger partial charge in [0.2, 0.25) is 19.4 Å². The molecule has 1 amide bonds. The SMILES string of the molecule is Cc1ccccc1OCCOc1ccc(/C=C2\C(=N)N3N=C(S(C)(=O)=O)SC3=NC2=O)cc1. The van der Waals surface area contributed by atoms with Crippen LogP contribution in [-0.2, 0) is 14.6 Å². The van der Waals surface area contributed by atoms with Crippen LogP contribution in [-0.4, -0.2) is 54.2 Å². The van der Waals surface area contributed by atoms with Crippen LogP contribution in [0.3, 0.4) is 0 Å². The summed E-state index contributed by atoms with van der Waals surface area (Å²) in [5.74, 6) is 0.592. The van der Waals surface area contributed by atoms with E-state index in [9.17, 15) is 13.2 Å². The molecule has 0 atom stereocenters. The highest BCUT2D eigenvalue weighted by molar-refractivity contribution is 8.42. The Morgan fingerprint density at radius 1 is 1.09 bits per heavy atom. The molecule has 2 aliphatic rings. The number of hydrogen-bond acceptors (Lipinski definition) is 8. The van der Waals surface area contributed by atoms with E-state index in [-0.39, 0.29) is 21.0 Å². The molecule has 2 aromatic rings. The summed E-state index contributed by atoms with van der Waals surface area (Å²) in [5.41, 5.74) is 1.72. The highest BCUT2D eigenvalue weighted by Gasteiger charge is 2.38. The molecule has 0 fully saturated rings. The first-order valence-electron chi connectivity index (χ1n) is 9.84. The van der Waals surface area contributed by atoms with Crippen LogP contribution in [0.4, 0.5) is 0 Å². The minimum Gasteiger partial charge on any atom is -0.490 e. The predicted octanol–water partition coefficient (Wildman–Crippen LogP) is 3.07. The fourth-order valence-electron chi connectivity index (χ4n) is 2.98. The molecule has 170 valence electrons. The normalized spacial score (nSPS) is 17.0. The highest BCUT2D eigenvalue weighted by Crippen LogP contribution is 2.30. The molecule has 0 spiro atoms. The van der Waals surface area contributed by atoms with Gasteiger partial charge in [-0.2, -0.15) is 10.0 Å². The number of nitrogens with one attached hydrogen (secondary N) is 1. The number of aryl methyl sites for hydroxylation is 1. The first kappa shape index (κ1) is 22.7. The number of ether oxygens (including phenoxy) is 2. The van der Waals surface area contributed by atoms with Crippen LogP contribution >= 0.6 is 11.8 Å². The van der Waals surface area contributed by atoms with Gasteiger partial charge in [0.1, 0.15) is 24.7 Å². The number of fused-ring (bicyclic) bond motifs is 1. The second-order valence-corrected chi connectivity index (χ2v) is 10.3. The molecule has 0 saturated carbocycles. The lowest BCUT2D eigenvalue weighted by molar-refractivity contribution is -0.114. The van der Waals surface area contributed by atoms with Gasteiger partial charge in [0.05, 0.1) is 5.57 Å². The fraction of sp³-hybridized carbons (Fsp3) is 0.182. The average Bonchev–Trinajstić information content (AvgIpc) is 3.21. The smallest absolute Gasteiger partial charge is 0.283 e. The maximum atomic E-state index is 12.4. The monoisotopic (exact) mass is 484 g/mol. The number of sulfone groups is 1. The third kappa shape index (κ3) is 5.15. The summed E-state index contributed by atoms with van der Waals surface area (Å²) in [6, 6.07) is 14.7. The molecule has 2 aromatic carbocycles. The zero-order chi connectivity index (χ0) is 23.6. The van der Waals surface area contributed by atoms with Gasteiger partial charge in [-0.1, -0.05) is 30.3 Å². The molecule has 2 heterocycles. The summed E-state index contributed by atoms with van der Waals surface area (Å²) in [6.45, 7) is 2.74. The Kier molecular flexibility index (Phi) is 6.34. The van der Waals surface area contributed by atoms with E-state index in [4.69, 9.17) is 14.9 Å². The maximum absolute atomic E-state index is 12.4. The summed E-state index contributed by atoms with van der Waals surface area (Å²) >= 11 is 0.750. The Labute approximate surface area is 195 Å². The largest absolute Gasteiger partial charge is 0.490 e. The summed E-state index contributed by atoms with van der Waals surface area (Å²) in [6.07, 6.45) is 2.52. The van der Waals surface area contributed by atoms with Crippen LogP contribution in [0.2, 0.25) is 0 Å². The minimum atomic E-state index is -3.57. The number of carbonyl (C=O) groups is 1. The number of hydrazone groups is 1. The summed E-state index contributed by atoms with van der Waals surface area (Å²) < 4.78 is 34.7. The second-order valence-electron chi connectivity index (χ2n) is 7.19. The van der Waals surface area contributed by atoms with Crippen molar-refractivity contribution in [3.63, 3.8) is 0 Å². The number of amides is 1. The topological polar surface area (TPSA) is 121 Å². The van der Waals surface area contributed by atoms with Crippen molar-refractivity contribution < 1.29 is 22.7 Å². The number of hydrogen-bond donors (Lipinski definition) is 1. The lowest BCUT2D eigenvalue weighted by Gasteiger charge is -2.20. The number of thioether (sulfide) groups is 1. The molecule has 11 heteroatoms. The molecule has 0 radical (unpaired) electrons. The van der Waals surface area contributed by atoms with Gasteiger partial charge < -0.3 is 9.47 Å². The van der Waals surface area contributed by atoms with E-state index in [0.29, 0.717) is 24.5 Å². The highest BCUT2D eigenvalue weighted by atomic mass is 32.3. The molecular formula is C22H20N4O5S2. The van der Waals surface area contributed by atoms with Gasteiger partial charge in [-0.15, -0.1) is 5.10 Å². The van der Waals surface area contributed by atoms with Crippen molar-refractivity contribution in [1.29, 1.82) is 5.41 Å².